The van der Waals surface area contributed by atoms with E-state index in [1.54, 1.807) is 0 Å². The summed E-state index contributed by atoms with van der Waals surface area (Å²) >= 11 is 0. The van der Waals surface area contributed by atoms with Crippen LogP contribution in [0, 0.1) is 12.3 Å². The highest BCUT2D eigenvalue weighted by Crippen LogP contribution is 2.35. The molecule has 0 bridgehead atoms. The van der Waals surface area contributed by atoms with Gasteiger partial charge in [-0.05, 0) is 32.1 Å². The van der Waals surface area contributed by atoms with Crippen LogP contribution >= 0.6 is 0 Å². The maximum absolute atomic E-state index is 4.62. The summed E-state index contributed by atoms with van der Waals surface area (Å²) in [6, 6.07) is 2.09. The molecule has 19 heavy (non-hydrogen) atoms. The highest BCUT2D eigenvalue weighted by Gasteiger charge is 2.28. The van der Waals surface area contributed by atoms with Crippen LogP contribution in [0.5, 0.6) is 0 Å². The summed E-state index contributed by atoms with van der Waals surface area (Å²) < 4.78 is 0. The predicted octanol–water partition coefficient (Wildman–Crippen LogP) is 3.23. The molecule has 1 aromatic rings. The van der Waals surface area contributed by atoms with E-state index in [0.29, 0.717) is 5.41 Å². The Morgan fingerprint density at radius 1 is 1.26 bits per heavy atom. The molecular weight excluding hydrogens is 236 g/mol. The highest BCUT2D eigenvalue weighted by molar-refractivity contribution is 5.45. The smallest absolute Gasteiger partial charge is 0.224 e. The van der Waals surface area contributed by atoms with Crippen molar-refractivity contribution in [1.29, 1.82) is 0 Å². The van der Waals surface area contributed by atoms with E-state index in [1.165, 1.54) is 19.3 Å². The molecule has 1 aliphatic rings. The first-order valence-corrected chi connectivity index (χ1v) is 7.41. The number of aryl methyl sites for hydroxylation is 1. The average Bonchev–Trinajstić information content (AvgIpc) is 2.39. The quantitative estimate of drug-likeness (QED) is 0.904. The topological polar surface area (TPSA) is 41.1 Å². The second kappa shape index (κ2) is 5.76. The third-order valence-corrected chi connectivity index (χ3v) is 4.32. The predicted molar refractivity (Wildman–Crippen MR) is 80.8 cm³/mol. The van der Waals surface area contributed by atoms with Gasteiger partial charge in [0.25, 0.3) is 0 Å². The standard InChI is InChI=1S/C15H26N4/c1-5-15(4)7-9-19(10-8-15)13-11-12(3)17-14(18-13)16-6-2/h11H,5-10H2,1-4H3,(H,16,17,18). The Bertz CT molecular complexity index is 422. The molecular formula is C15H26N4. The first-order chi connectivity index (χ1) is 9.06. The number of nitrogens with one attached hydrogen (secondary N) is 1. The van der Waals surface area contributed by atoms with Crippen LogP contribution in [-0.2, 0) is 0 Å². The Labute approximate surface area is 116 Å². The second-order valence-corrected chi connectivity index (χ2v) is 5.87. The molecule has 0 unspecified atom stereocenters. The number of anilines is 2. The number of nitrogens with zero attached hydrogens (tertiary/aromatic N) is 3. The molecule has 1 fully saturated rings. The second-order valence-electron chi connectivity index (χ2n) is 5.87. The van der Waals surface area contributed by atoms with Crippen LogP contribution in [-0.4, -0.2) is 29.6 Å². The molecule has 0 saturated carbocycles. The molecule has 106 valence electrons. The first-order valence-electron chi connectivity index (χ1n) is 7.41. The van der Waals surface area contributed by atoms with Gasteiger partial charge in [0, 0.05) is 31.4 Å². The van der Waals surface area contributed by atoms with Crippen molar-refractivity contribution in [3.05, 3.63) is 11.8 Å². The van der Waals surface area contributed by atoms with E-state index in [2.05, 4.69) is 47.0 Å². The van der Waals surface area contributed by atoms with E-state index in [9.17, 15) is 0 Å². The Kier molecular flexibility index (Phi) is 4.27. The molecule has 0 spiro atoms. The zero-order valence-electron chi connectivity index (χ0n) is 12.7. The van der Waals surface area contributed by atoms with Gasteiger partial charge in [0.1, 0.15) is 5.82 Å². The van der Waals surface area contributed by atoms with Crippen molar-refractivity contribution in [2.24, 2.45) is 5.41 Å². The van der Waals surface area contributed by atoms with Crippen LogP contribution in [0.1, 0.15) is 45.7 Å². The van der Waals surface area contributed by atoms with Crippen LogP contribution in [0.4, 0.5) is 11.8 Å². The number of hydrogen-bond donors (Lipinski definition) is 1. The van der Waals surface area contributed by atoms with E-state index in [-0.39, 0.29) is 0 Å². The van der Waals surface area contributed by atoms with Gasteiger partial charge in [0.05, 0.1) is 0 Å². The number of hydrogen-bond acceptors (Lipinski definition) is 4. The monoisotopic (exact) mass is 262 g/mol. The molecule has 0 amide bonds. The van der Waals surface area contributed by atoms with Gasteiger partial charge >= 0.3 is 0 Å². The van der Waals surface area contributed by atoms with E-state index in [1.807, 2.05) is 6.92 Å². The molecule has 1 aromatic heterocycles. The zero-order chi connectivity index (χ0) is 13.9. The number of piperidine rings is 1. The van der Waals surface area contributed by atoms with E-state index >= 15 is 0 Å². The van der Waals surface area contributed by atoms with E-state index in [0.717, 1.165) is 37.1 Å². The molecule has 2 rings (SSSR count). The van der Waals surface area contributed by atoms with Crippen molar-refractivity contribution in [2.45, 2.75) is 47.0 Å². The molecule has 1 aliphatic heterocycles. The molecule has 2 heterocycles. The van der Waals surface area contributed by atoms with Crippen molar-refractivity contribution in [3.8, 4) is 0 Å². The molecule has 4 nitrogen and oxygen atoms in total. The van der Waals surface area contributed by atoms with Crippen LogP contribution in [0.2, 0.25) is 0 Å². The number of aromatic nitrogens is 2. The maximum Gasteiger partial charge on any atom is 0.224 e. The van der Waals surface area contributed by atoms with Crippen LogP contribution in [0.3, 0.4) is 0 Å². The summed E-state index contributed by atoms with van der Waals surface area (Å²) in [4.78, 5) is 11.4. The highest BCUT2D eigenvalue weighted by atomic mass is 15.2. The molecule has 4 heteroatoms. The fourth-order valence-corrected chi connectivity index (χ4v) is 2.58. The van der Waals surface area contributed by atoms with Gasteiger partial charge in [-0.3, -0.25) is 0 Å². The molecule has 1 saturated heterocycles. The van der Waals surface area contributed by atoms with Gasteiger partial charge in [-0.15, -0.1) is 0 Å². The molecule has 0 aliphatic carbocycles. The minimum Gasteiger partial charge on any atom is -0.356 e. The maximum atomic E-state index is 4.62. The minimum atomic E-state index is 0.517. The average molecular weight is 262 g/mol. The fourth-order valence-electron chi connectivity index (χ4n) is 2.58. The lowest BCUT2D eigenvalue weighted by atomic mass is 9.78. The molecule has 0 aromatic carbocycles. The van der Waals surface area contributed by atoms with Gasteiger partial charge in [0.15, 0.2) is 0 Å². The largest absolute Gasteiger partial charge is 0.356 e. The Morgan fingerprint density at radius 3 is 2.53 bits per heavy atom. The molecule has 1 N–H and O–H groups in total. The third-order valence-electron chi connectivity index (χ3n) is 4.32. The molecule has 0 atom stereocenters. The lowest BCUT2D eigenvalue weighted by Gasteiger charge is -2.39. The van der Waals surface area contributed by atoms with Crippen LogP contribution in [0.25, 0.3) is 0 Å². The lowest BCUT2D eigenvalue weighted by Crippen LogP contribution is -2.39. The van der Waals surface area contributed by atoms with Gasteiger partial charge in [0.2, 0.25) is 5.95 Å². The summed E-state index contributed by atoms with van der Waals surface area (Å²) in [5.41, 5.74) is 1.55. The van der Waals surface area contributed by atoms with E-state index < -0.39 is 0 Å². The van der Waals surface area contributed by atoms with Gasteiger partial charge in [-0.25, -0.2) is 4.98 Å². The van der Waals surface area contributed by atoms with Crippen molar-refractivity contribution < 1.29 is 0 Å². The van der Waals surface area contributed by atoms with Crippen LogP contribution < -0.4 is 10.2 Å². The normalized spacial score (nSPS) is 18.4. The summed E-state index contributed by atoms with van der Waals surface area (Å²) in [6.07, 6.45) is 3.78. The van der Waals surface area contributed by atoms with Crippen molar-refractivity contribution >= 4 is 11.8 Å². The first kappa shape index (κ1) is 14.1. The Morgan fingerprint density at radius 2 is 1.95 bits per heavy atom. The summed E-state index contributed by atoms with van der Waals surface area (Å²) in [5, 5.41) is 3.21. The van der Waals surface area contributed by atoms with Gasteiger partial charge in [-0.2, -0.15) is 4.98 Å². The summed E-state index contributed by atoms with van der Waals surface area (Å²) in [7, 11) is 0. The summed E-state index contributed by atoms with van der Waals surface area (Å²) in [6.45, 7) is 11.9. The van der Waals surface area contributed by atoms with Gasteiger partial charge < -0.3 is 10.2 Å². The third kappa shape index (κ3) is 3.37. The minimum absolute atomic E-state index is 0.517. The Balaban J connectivity index is 2.10. The van der Waals surface area contributed by atoms with Crippen molar-refractivity contribution in [2.75, 3.05) is 29.9 Å². The lowest BCUT2D eigenvalue weighted by molar-refractivity contribution is 0.238. The number of rotatable bonds is 4. The summed E-state index contributed by atoms with van der Waals surface area (Å²) in [5.74, 6) is 1.82. The van der Waals surface area contributed by atoms with Crippen molar-refractivity contribution in [1.82, 2.24) is 9.97 Å². The SMILES string of the molecule is CCNc1nc(C)cc(N2CCC(C)(CC)CC2)n1. The van der Waals surface area contributed by atoms with Crippen molar-refractivity contribution in [3.63, 3.8) is 0 Å². The van der Waals surface area contributed by atoms with Gasteiger partial charge in [-0.1, -0.05) is 20.3 Å². The zero-order valence-corrected chi connectivity index (χ0v) is 12.7. The van der Waals surface area contributed by atoms with E-state index in [4.69, 9.17) is 0 Å². The molecule has 0 radical (unpaired) electrons. The van der Waals surface area contributed by atoms with Crippen LogP contribution in [0.15, 0.2) is 6.07 Å². The fraction of sp³-hybridized carbons (Fsp3) is 0.733. The Hall–Kier alpha value is -1.32.